The molecule has 2 heterocycles. The predicted octanol–water partition coefficient (Wildman–Crippen LogP) is 3.94. The van der Waals surface area contributed by atoms with Crippen molar-refractivity contribution in [2.45, 2.75) is 129 Å². The minimum absolute atomic E-state index is 0.00626. The topological polar surface area (TPSA) is 199 Å². The molecule has 2 amide bonds. The van der Waals surface area contributed by atoms with Gasteiger partial charge < -0.3 is 49.4 Å². The quantitative estimate of drug-likeness (QED) is 0.108. The van der Waals surface area contributed by atoms with Gasteiger partial charge in [0.25, 0.3) is 0 Å². The van der Waals surface area contributed by atoms with Gasteiger partial charge in [-0.1, -0.05) is 51.4 Å². The van der Waals surface area contributed by atoms with Crippen LogP contribution in [0.25, 0.3) is 6.08 Å². The lowest BCUT2D eigenvalue weighted by atomic mass is 9.74. The van der Waals surface area contributed by atoms with Gasteiger partial charge in [0.2, 0.25) is 5.91 Å². The molecule has 0 bridgehead atoms. The number of ether oxygens (including phenoxy) is 5. The van der Waals surface area contributed by atoms with Gasteiger partial charge in [0.15, 0.2) is 12.1 Å². The monoisotopic (exact) mass is 837 g/mol. The smallest absolute Gasteiger partial charge is 0.407 e. The summed E-state index contributed by atoms with van der Waals surface area (Å²) in [6.45, 7) is 12.6. The maximum absolute atomic E-state index is 14.4. The number of methoxy groups -OCH3 is 1. The second-order valence-electron chi connectivity index (χ2n) is 16.3. The fraction of sp³-hybridized carbons (Fsp3) is 0.690. The molecule has 0 saturated carbocycles. The van der Waals surface area contributed by atoms with Crippen LogP contribution in [0.5, 0.6) is 0 Å². The molecule has 0 aliphatic carbocycles. The highest BCUT2D eigenvalue weighted by molar-refractivity contribution is 6.30. The molecule has 1 aromatic rings. The molecular formula is C42H64ClN3O12. The maximum atomic E-state index is 14.4. The van der Waals surface area contributed by atoms with E-state index in [0.717, 1.165) is 5.56 Å². The van der Waals surface area contributed by atoms with E-state index in [0.29, 0.717) is 11.4 Å². The molecule has 16 heteroatoms. The van der Waals surface area contributed by atoms with Crippen LogP contribution in [0.3, 0.4) is 0 Å². The van der Waals surface area contributed by atoms with E-state index < -0.39 is 95.1 Å². The number of aliphatic hydroxyl groups excluding tert-OH is 1. The molecule has 3 rings (SSSR count). The largest absolute Gasteiger partial charge is 0.459 e. The molecule has 1 aromatic carbocycles. The molecule has 4 N–H and O–H groups in total. The first-order chi connectivity index (χ1) is 27.1. The number of likely N-dealkylation sites (N-methyl/N-ethyl adjacent to an activating group) is 1. The number of halogens is 1. The number of nitrogens with zero attached hydrogens (tertiary/aromatic N) is 1. The van der Waals surface area contributed by atoms with Crippen molar-refractivity contribution in [3.63, 3.8) is 0 Å². The summed E-state index contributed by atoms with van der Waals surface area (Å²) >= 11 is 5.91. The van der Waals surface area contributed by atoms with Crippen LogP contribution in [0, 0.1) is 23.7 Å². The van der Waals surface area contributed by atoms with Crippen LogP contribution < -0.4 is 10.6 Å². The van der Waals surface area contributed by atoms with Crippen LogP contribution in [0.2, 0.25) is 5.02 Å². The third kappa shape index (κ3) is 12.3. The second kappa shape index (κ2) is 21.2. The predicted molar refractivity (Wildman–Crippen MR) is 217 cm³/mol. The normalized spacial score (nSPS) is 35.6. The van der Waals surface area contributed by atoms with Crippen LogP contribution in [-0.2, 0) is 42.9 Å². The van der Waals surface area contributed by atoms with E-state index in [1.54, 1.807) is 58.0 Å². The Morgan fingerprint density at radius 2 is 1.59 bits per heavy atom. The first kappa shape index (κ1) is 48.9. The third-order valence-electron chi connectivity index (χ3n) is 11.5. The standard InChI is InChI=1S/C42H64ClN3O12/c1-12-31-42(8,53)37(58-40(52)45-20-19-44-32(47)18-15-28-13-16-29(43)17-14-28)25(4)33(48)23(2)22-41(7,54-11)36(26(5)34(49)27(6)38(51)56-31)57-39-35(50)30(46(9)10)21-24(3)55-39/h13-18,23-27,30-31,35-37,39,50,53H,12,19-22H2,1-11H3,(H,44,47)(H,45,52)/b18-15+/t23-,24-,25+,26+,27-,30+,31-,35-,36-,37-,39+,41-,42-/m1/s1. The van der Waals surface area contributed by atoms with Crippen molar-refractivity contribution in [1.82, 2.24) is 15.5 Å². The van der Waals surface area contributed by atoms with E-state index in [1.807, 2.05) is 25.9 Å². The summed E-state index contributed by atoms with van der Waals surface area (Å²) in [5.74, 6) is -6.64. The number of aliphatic hydroxyl groups is 2. The Bertz CT molecular complexity index is 1610. The number of alkyl carbamates (subject to hydrolysis) is 1. The fourth-order valence-corrected chi connectivity index (χ4v) is 8.08. The zero-order chi connectivity index (χ0) is 43.7. The van der Waals surface area contributed by atoms with Crippen molar-refractivity contribution in [2.24, 2.45) is 23.7 Å². The maximum Gasteiger partial charge on any atom is 0.407 e. The summed E-state index contributed by atoms with van der Waals surface area (Å²) in [7, 11) is 5.09. The number of Topliss-reactive ketones (excluding diaryl/α,β-unsaturated/α-hetero) is 2. The number of nitrogens with one attached hydrogen (secondary N) is 2. The zero-order valence-corrected chi connectivity index (χ0v) is 36.4. The van der Waals surface area contributed by atoms with Crippen LogP contribution in [-0.4, -0.2) is 133 Å². The molecule has 2 aliphatic rings. The molecule has 0 radical (unpaired) electrons. The summed E-state index contributed by atoms with van der Waals surface area (Å²) in [5, 5.41) is 29.2. The van der Waals surface area contributed by atoms with E-state index in [-0.39, 0.29) is 38.1 Å². The molecule has 0 aromatic heterocycles. The molecule has 326 valence electrons. The summed E-state index contributed by atoms with van der Waals surface area (Å²) in [4.78, 5) is 69.7. The van der Waals surface area contributed by atoms with E-state index in [4.69, 9.17) is 35.3 Å². The van der Waals surface area contributed by atoms with Crippen molar-refractivity contribution in [3.8, 4) is 0 Å². The van der Waals surface area contributed by atoms with Gasteiger partial charge >= 0.3 is 12.1 Å². The molecular weight excluding hydrogens is 774 g/mol. The molecule has 0 spiro atoms. The number of rotatable bonds is 11. The van der Waals surface area contributed by atoms with Gasteiger partial charge in [-0.05, 0) is 84.8 Å². The number of cyclic esters (lactones) is 1. The number of carbonyl (C=O) groups excluding carboxylic acids is 5. The Hall–Kier alpha value is -3.44. The molecule has 2 fully saturated rings. The lowest BCUT2D eigenvalue weighted by Gasteiger charge is -2.47. The number of hydrogen-bond acceptors (Lipinski definition) is 13. The van der Waals surface area contributed by atoms with Crippen LogP contribution in [0.1, 0.15) is 80.2 Å². The van der Waals surface area contributed by atoms with Gasteiger partial charge in [-0.25, -0.2) is 4.79 Å². The molecule has 0 unspecified atom stereocenters. The Labute approximate surface area is 347 Å². The highest BCUT2D eigenvalue weighted by Crippen LogP contribution is 2.39. The third-order valence-corrected chi connectivity index (χ3v) is 11.7. The van der Waals surface area contributed by atoms with Gasteiger partial charge in [0.05, 0.1) is 23.7 Å². The number of carbonyl (C=O) groups is 5. The molecule has 2 saturated heterocycles. The summed E-state index contributed by atoms with van der Waals surface area (Å²) in [6, 6.07) is 6.58. The van der Waals surface area contributed by atoms with Gasteiger partial charge in [0.1, 0.15) is 35.6 Å². The Morgan fingerprint density at radius 1 is 0.983 bits per heavy atom. The van der Waals surface area contributed by atoms with Gasteiger partial charge in [-0.15, -0.1) is 0 Å². The van der Waals surface area contributed by atoms with Gasteiger partial charge in [-0.2, -0.15) is 0 Å². The summed E-state index contributed by atoms with van der Waals surface area (Å²) < 4.78 is 30.2. The number of benzene rings is 1. The fourth-order valence-electron chi connectivity index (χ4n) is 7.95. The van der Waals surface area contributed by atoms with Crippen LogP contribution in [0.4, 0.5) is 4.79 Å². The number of ketones is 2. The Morgan fingerprint density at radius 3 is 2.17 bits per heavy atom. The van der Waals surface area contributed by atoms with Crippen molar-refractivity contribution < 1.29 is 57.9 Å². The second-order valence-corrected chi connectivity index (χ2v) is 16.8. The molecule has 13 atom stereocenters. The van der Waals surface area contributed by atoms with Gasteiger partial charge in [0, 0.05) is 49.2 Å². The van der Waals surface area contributed by atoms with Crippen LogP contribution >= 0.6 is 11.6 Å². The van der Waals surface area contributed by atoms with E-state index in [1.165, 1.54) is 34.0 Å². The van der Waals surface area contributed by atoms with E-state index >= 15 is 0 Å². The highest BCUT2D eigenvalue weighted by atomic mass is 35.5. The Kier molecular flexibility index (Phi) is 17.9. The minimum atomic E-state index is -2.11. The van der Waals surface area contributed by atoms with Crippen molar-refractivity contribution in [1.29, 1.82) is 0 Å². The SMILES string of the molecule is CC[C@H]1OC(=O)[C@H](C)C(=O)[C@H](C)[C@@H](O[C@@H]2O[C@H](C)C[C@H](N(C)C)[C@H]2O)[C@](C)(OC)C[C@@H](C)C(=O)[C@H](C)[C@@H](OC(=O)NCCNC(=O)/C=C/c2ccc(Cl)cc2)[C@]1(C)O. The highest BCUT2D eigenvalue weighted by Gasteiger charge is 2.53. The first-order valence-electron chi connectivity index (χ1n) is 19.9. The number of hydrogen-bond donors (Lipinski definition) is 4. The minimum Gasteiger partial charge on any atom is -0.459 e. The van der Waals surface area contributed by atoms with Crippen molar-refractivity contribution >= 4 is 47.2 Å². The van der Waals surface area contributed by atoms with Gasteiger partial charge in [-0.3, -0.25) is 19.2 Å². The van der Waals surface area contributed by atoms with Crippen LogP contribution in [0.15, 0.2) is 30.3 Å². The zero-order valence-electron chi connectivity index (χ0n) is 35.7. The van der Waals surface area contributed by atoms with Crippen molar-refractivity contribution in [3.05, 3.63) is 40.9 Å². The molecule has 15 nitrogen and oxygen atoms in total. The summed E-state index contributed by atoms with van der Waals surface area (Å²) in [5.41, 5.74) is -2.71. The van der Waals surface area contributed by atoms with Crippen molar-refractivity contribution in [2.75, 3.05) is 34.3 Å². The Balaban J connectivity index is 1.90. The molecule has 58 heavy (non-hydrogen) atoms. The lowest BCUT2D eigenvalue weighted by molar-refractivity contribution is -0.295. The number of amides is 2. The van der Waals surface area contributed by atoms with E-state index in [9.17, 15) is 34.2 Å². The summed E-state index contributed by atoms with van der Waals surface area (Å²) in [6.07, 6.45) is -4.04. The first-order valence-corrected chi connectivity index (χ1v) is 20.3. The average Bonchev–Trinajstić information content (AvgIpc) is 3.18. The average molecular weight is 838 g/mol. The van der Waals surface area contributed by atoms with E-state index in [2.05, 4.69) is 10.6 Å². The lowest BCUT2D eigenvalue weighted by Crippen LogP contribution is -2.60. The molecule has 2 aliphatic heterocycles. The number of esters is 1.